The van der Waals surface area contributed by atoms with Crippen LogP contribution in [0.3, 0.4) is 0 Å². The van der Waals surface area contributed by atoms with Gasteiger partial charge in [0.25, 0.3) is 0 Å². The number of imidazole rings is 1. The van der Waals surface area contributed by atoms with Crippen LogP contribution in [0.4, 0.5) is 11.6 Å². The number of hydrogen-bond acceptors (Lipinski definition) is 3. The summed E-state index contributed by atoms with van der Waals surface area (Å²) in [6.07, 6.45) is 2.10. The zero-order valence-corrected chi connectivity index (χ0v) is 12.1. The number of hydrogen-bond donors (Lipinski definition) is 1. The summed E-state index contributed by atoms with van der Waals surface area (Å²) in [7, 11) is 4.18. The van der Waals surface area contributed by atoms with Gasteiger partial charge >= 0.3 is 0 Å². The molecule has 0 spiro atoms. The smallest absolute Gasteiger partial charge is 0.207 e. The summed E-state index contributed by atoms with van der Waals surface area (Å²) >= 11 is 0. The average molecular weight is 258 g/mol. The van der Waals surface area contributed by atoms with Crippen LogP contribution in [-0.4, -0.2) is 35.1 Å². The largest absolute Gasteiger partial charge is 0.326 e. The quantitative estimate of drug-likeness (QED) is 0.894. The Balaban J connectivity index is 2.21. The molecular weight excluding hydrogens is 236 g/mol. The van der Waals surface area contributed by atoms with Crippen LogP contribution >= 0.6 is 0 Å². The van der Waals surface area contributed by atoms with E-state index in [2.05, 4.69) is 47.0 Å². The summed E-state index contributed by atoms with van der Waals surface area (Å²) in [5.41, 5.74) is 2.09. The maximum atomic E-state index is 4.57. The third-order valence-corrected chi connectivity index (χ3v) is 2.99. The summed E-state index contributed by atoms with van der Waals surface area (Å²) < 4.78 is 2.20. The van der Waals surface area contributed by atoms with Gasteiger partial charge in [-0.1, -0.05) is 18.2 Å². The molecule has 2 rings (SSSR count). The second kappa shape index (κ2) is 5.89. The van der Waals surface area contributed by atoms with E-state index in [1.165, 1.54) is 0 Å². The number of rotatable bonds is 5. The van der Waals surface area contributed by atoms with Gasteiger partial charge in [0, 0.05) is 24.5 Å². The second-order valence-corrected chi connectivity index (χ2v) is 5.22. The molecular formula is C15H22N4. The van der Waals surface area contributed by atoms with E-state index in [0.717, 1.165) is 23.9 Å². The standard InChI is InChI=1S/C15H22N4/c1-12-10-19(13(2)11-18(3)4)15(16-12)17-14-8-6-5-7-9-14/h5-10,13H,11H2,1-4H3,(H,16,17). The average Bonchev–Trinajstić information content (AvgIpc) is 2.71. The molecule has 1 aromatic carbocycles. The van der Waals surface area contributed by atoms with Gasteiger partial charge in [-0.2, -0.15) is 0 Å². The molecule has 0 bridgehead atoms. The number of benzene rings is 1. The van der Waals surface area contributed by atoms with Crippen molar-refractivity contribution in [1.82, 2.24) is 14.5 Å². The zero-order valence-electron chi connectivity index (χ0n) is 12.1. The Morgan fingerprint density at radius 1 is 1.26 bits per heavy atom. The molecule has 0 radical (unpaired) electrons. The van der Waals surface area contributed by atoms with Crippen LogP contribution in [0.2, 0.25) is 0 Å². The van der Waals surface area contributed by atoms with Crippen molar-refractivity contribution in [2.45, 2.75) is 19.9 Å². The molecule has 1 atom stereocenters. The van der Waals surface area contributed by atoms with Crippen LogP contribution in [0.1, 0.15) is 18.7 Å². The van der Waals surface area contributed by atoms with Crippen LogP contribution in [-0.2, 0) is 0 Å². The number of likely N-dealkylation sites (N-methyl/N-ethyl adjacent to an activating group) is 1. The first-order chi connectivity index (χ1) is 9.06. The third-order valence-electron chi connectivity index (χ3n) is 2.99. The molecule has 0 amide bonds. The molecule has 0 fully saturated rings. The summed E-state index contributed by atoms with van der Waals surface area (Å²) in [5, 5.41) is 3.38. The fraction of sp³-hybridized carbons (Fsp3) is 0.400. The summed E-state index contributed by atoms with van der Waals surface area (Å²) in [6.45, 7) is 5.21. The highest BCUT2D eigenvalue weighted by Gasteiger charge is 2.12. The Labute approximate surface area is 115 Å². The van der Waals surface area contributed by atoms with Crippen LogP contribution in [0.5, 0.6) is 0 Å². The van der Waals surface area contributed by atoms with Gasteiger partial charge in [-0.15, -0.1) is 0 Å². The van der Waals surface area contributed by atoms with E-state index in [9.17, 15) is 0 Å². The van der Waals surface area contributed by atoms with Crippen LogP contribution in [0, 0.1) is 6.92 Å². The Morgan fingerprint density at radius 2 is 1.95 bits per heavy atom. The van der Waals surface area contributed by atoms with Crippen LogP contribution in [0.25, 0.3) is 0 Å². The summed E-state index contributed by atoms with van der Waals surface area (Å²) in [4.78, 5) is 6.75. The van der Waals surface area contributed by atoms with Crippen molar-refractivity contribution in [1.29, 1.82) is 0 Å². The van der Waals surface area contributed by atoms with E-state index in [4.69, 9.17) is 0 Å². The first-order valence-corrected chi connectivity index (χ1v) is 6.58. The van der Waals surface area contributed by atoms with E-state index in [1.54, 1.807) is 0 Å². The number of nitrogens with zero attached hydrogens (tertiary/aromatic N) is 3. The number of aryl methyl sites for hydroxylation is 1. The highest BCUT2D eigenvalue weighted by molar-refractivity contribution is 5.53. The zero-order chi connectivity index (χ0) is 13.8. The van der Waals surface area contributed by atoms with E-state index >= 15 is 0 Å². The first-order valence-electron chi connectivity index (χ1n) is 6.58. The van der Waals surface area contributed by atoms with E-state index in [1.807, 2.05) is 37.3 Å². The van der Waals surface area contributed by atoms with Gasteiger partial charge in [0.05, 0.1) is 5.69 Å². The fourth-order valence-corrected chi connectivity index (χ4v) is 2.21. The first kappa shape index (κ1) is 13.6. The number of nitrogens with one attached hydrogen (secondary N) is 1. The minimum absolute atomic E-state index is 0.377. The number of aromatic nitrogens is 2. The fourth-order valence-electron chi connectivity index (χ4n) is 2.21. The highest BCUT2D eigenvalue weighted by Crippen LogP contribution is 2.20. The second-order valence-electron chi connectivity index (χ2n) is 5.22. The molecule has 1 heterocycles. The predicted molar refractivity (Wildman–Crippen MR) is 80.0 cm³/mol. The summed E-state index contributed by atoms with van der Waals surface area (Å²) in [5.74, 6) is 0.901. The molecule has 4 nitrogen and oxygen atoms in total. The lowest BCUT2D eigenvalue weighted by molar-refractivity contribution is 0.338. The molecule has 0 aliphatic heterocycles. The molecule has 0 aliphatic rings. The monoisotopic (exact) mass is 258 g/mol. The Kier molecular flexibility index (Phi) is 4.22. The van der Waals surface area contributed by atoms with Crippen molar-refractivity contribution < 1.29 is 0 Å². The lowest BCUT2D eigenvalue weighted by Crippen LogP contribution is -2.22. The van der Waals surface area contributed by atoms with E-state index < -0.39 is 0 Å². The number of anilines is 2. The van der Waals surface area contributed by atoms with Crippen LogP contribution < -0.4 is 5.32 Å². The molecule has 102 valence electrons. The normalized spacial score (nSPS) is 12.7. The van der Waals surface area contributed by atoms with E-state index in [0.29, 0.717) is 6.04 Å². The summed E-state index contributed by atoms with van der Waals surface area (Å²) in [6, 6.07) is 10.5. The van der Waals surface area contributed by atoms with Crippen molar-refractivity contribution in [2.75, 3.05) is 26.0 Å². The van der Waals surface area contributed by atoms with Gasteiger partial charge in [0.1, 0.15) is 0 Å². The van der Waals surface area contributed by atoms with Gasteiger partial charge in [-0.3, -0.25) is 0 Å². The lowest BCUT2D eigenvalue weighted by atomic mass is 10.3. The topological polar surface area (TPSA) is 33.1 Å². The maximum absolute atomic E-state index is 4.57. The molecule has 0 aliphatic carbocycles. The maximum Gasteiger partial charge on any atom is 0.207 e. The van der Waals surface area contributed by atoms with Crippen molar-refractivity contribution >= 4 is 11.6 Å². The molecule has 2 aromatic rings. The minimum Gasteiger partial charge on any atom is -0.326 e. The SMILES string of the molecule is Cc1cn(C(C)CN(C)C)c(Nc2ccccc2)n1. The molecule has 19 heavy (non-hydrogen) atoms. The van der Waals surface area contributed by atoms with Crippen molar-refractivity contribution in [3.05, 3.63) is 42.2 Å². The highest BCUT2D eigenvalue weighted by atomic mass is 15.2. The molecule has 0 saturated heterocycles. The molecule has 4 heteroatoms. The minimum atomic E-state index is 0.377. The number of para-hydroxylation sites is 1. The molecule has 1 unspecified atom stereocenters. The van der Waals surface area contributed by atoms with Gasteiger partial charge in [-0.25, -0.2) is 4.98 Å². The lowest BCUT2D eigenvalue weighted by Gasteiger charge is -2.20. The van der Waals surface area contributed by atoms with Crippen molar-refractivity contribution in [2.24, 2.45) is 0 Å². The predicted octanol–water partition coefficient (Wildman–Crippen LogP) is 3.06. The van der Waals surface area contributed by atoms with Gasteiger partial charge in [-0.05, 0) is 40.1 Å². The van der Waals surface area contributed by atoms with Crippen molar-refractivity contribution in [3.63, 3.8) is 0 Å². The van der Waals surface area contributed by atoms with Crippen LogP contribution in [0.15, 0.2) is 36.5 Å². The Hall–Kier alpha value is -1.81. The van der Waals surface area contributed by atoms with Gasteiger partial charge in [0.15, 0.2) is 0 Å². The molecule has 1 N–H and O–H groups in total. The third kappa shape index (κ3) is 3.58. The van der Waals surface area contributed by atoms with E-state index in [-0.39, 0.29) is 0 Å². The molecule has 0 saturated carbocycles. The van der Waals surface area contributed by atoms with Gasteiger partial charge in [0.2, 0.25) is 5.95 Å². The van der Waals surface area contributed by atoms with Gasteiger partial charge < -0.3 is 14.8 Å². The van der Waals surface area contributed by atoms with Crippen molar-refractivity contribution in [3.8, 4) is 0 Å². The Morgan fingerprint density at radius 3 is 2.58 bits per heavy atom. The Bertz CT molecular complexity index is 516. The molecule has 1 aromatic heterocycles.